The molecule has 17 heavy (non-hydrogen) atoms. The summed E-state index contributed by atoms with van der Waals surface area (Å²) in [6.07, 6.45) is 0.515. The lowest BCUT2D eigenvalue weighted by atomic mass is 10.4. The minimum atomic E-state index is -3.76. The molecule has 0 aliphatic rings. The van der Waals surface area contributed by atoms with Gasteiger partial charge in [0.15, 0.2) is 0 Å². The summed E-state index contributed by atoms with van der Waals surface area (Å²) in [5.74, 6) is -0.180. The van der Waals surface area contributed by atoms with Crippen molar-refractivity contribution in [2.24, 2.45) is 0 Å². The van der Waals surface area contributed by atoms with Crippen molar-refractivity contribution in [2.45, 2.75) is 6.42 Å². The molecule has 0 heterocycles. The Labute approximate surface area is 104 Å². The lowest BCUT2D eigenvalue weighted by Crippen LogP contribution is -2.38. The van der Waals surface area contributed by atoms with Crippen LogP contribution in [0.4, 0.5) is 4.48 Å². The quantitative estimate of drug-likeness (QED) is 0.466. The molecule has 0 atom stereocenters. The van der Waals surface area contributed by atoms with Gasteiger partial charge in [0.1, 0.15) is 0 Å². The van der Waals surface area contributed by atoms with Crippen LogP contribution in [0, 0.1) is 0 Å². The number of hydrogen-bond donors (Lipinski definition) is 0. The van der Waals surface area contributed by atoms with E-state index in [1.165, 1.54) is 0 Å². The van der Waals surface area contributed by atoms with E-state index in [1.807, 2.05) is 21.1 Å². The van der Waals surface area contributed by atoms with Crippen molar-refractivity contribution >= 4 is 10.0 Å². The van der Waals surface area contributed by atoms with Crippen molar-refractivity contribution in [3.05, 3.63) is 0 Å². The van der Waals surface area contributed by atoms with Crippen molar-refractivity contribution in [3.8, 4) is 0 Å². The predicted molar refractivity (Wildman–Crippen MR) is 67.7 cm³/mol. The van der Waals surface area contributed by atoms with Gasteiger partial charge in [0, 0.05) is 13.0 Å². The first-order valence-corrected chi connectivity index (χ1v) is 7.27. The minimum Gasteiger partial charge on any atom is -0.331 e. The highest BCUT2D eigenvalue weighted by atomic mass is 32.2. The van der Waals surface area contributed by atoms with Crippen LogP contribution in [0.5, 0.6) is 0 Å². The van der Waals surface area contributed by atoms with Gasteiger partial charge in [-0.05, 0) is 18.6 Å². The molecule has 0 aromatic carbocycles. The van der Waals surface area contributed by atoms with Crippen molar-refractivity contribution in [2.75, 3.05) is 60.6 Å². The fourth-order valence-electron chi connectivity index (χ4n) is 1.21. The van der Waals surface area contributed by atoms with Gasteiger partial charge in [-0.3, -0.25) is 0 Å². The summed E-state index contributed by atoms with van der Waals surface area (Å²) in [6, 6.07) is 0. The SMILES string of the molecule is CN(C)CCS(=O)(=O)N(F)CCC[N+](C)(C)C. The van der Waals surface area contributed by atoms with E-state index in [-0.39, 0.29) is 16.8 Å². The molecular formula is C10H25FN3O2S+. The van der Waals surface area contributed by atoms with E-state index in [0.717, 1.165) is 6.54 Å². The van der Waals surface area contributed by atoms with Crippen LogP contribution < -0.4 is 0 Å². The topological polar surface area (TPSA) is 40.6 Å². The van der Waals surface area contributed by atoms with Gasteiger partial charge in [-0.2, -0.15) is 0 Å². The van der Waals surface area contributed by atoms with Gasteiger partial charge in [0.2, 0.25) is 10.0 Å². The molecule has 0 spiro atoms. The van der Waals surface area contributed by atoms with Gasteiger partial charge in [-0.25, -0.2) is 8.42 Å². The molecule has 0 saturated heterocycles. The summed E-state index contributed by atoms with van der Waals surface area (Å²) in [6.45, 7) is 1.01. The Balaban J connectivity index is 4.08. The minimum absolute atomic E-state index is 0.0217. The third-order valence-corrected chi connectivity index (χ3v) is 3.75. The Morgan fingerprint density at radius 3 is 2.06 bits per heavy atom. The van der Waals surface area contributed by atoms with Gasteiger partial charge in [0.05, 0.1) is 40.0 Å². The van der Waals surface area contributed by atoms with E-state index in [1.54, 1.807) is 19.0 Å². The second kappa shape index (κ2) is 6.63. The van der Waals surface area contributed by atoms with Gasteiger partial charge in [0.25, 0.3) is 0 Å². The lowest BCUT2D eigenvalue weighted by Gasteiger charge is -2.24. The zero-order valence-corrected chi connectivity index (χ0v) is 12.3. The molecular weight excluding hydrogens is 245 g/mol. The summed E-state index contributed by atoms with van der Waals surface area (Å²) >= 11 is 0. The van der Waals surface area contributed by atoms with Gasteiger partial charge in [-0.15, -0.1) is 4.48 Å². The highest BCUT2D eigenvalue weighted by Gasteiger charge is 2.22. The molecule has 0 bridgehead atoms. The Morgan fingerprint density at radius 1 is 1.12 bits per heavy atom. The first kappa shape index (κ1) is 16.8. The van der Waals surface area contributed by atoms with Gasteiger partial charge >= 0.3 is 0 Å². The third kappa shape index (κ3) is 8.48. The van der Waals surface area contributed by atoms with Crippen molar-refractivity contribution in [3.63, 3.8) is 0 Å². The van der Waals surface area contributed by atoms with E-state index in [9.17, 15) is 12.9 Å². The molecule has 0 aromatic heterocycles. The standard InChI is InChI=1S/C10H25FN3O2S/c1-12(2)8-10-17(15,16)13(11)7-6-9-14(3,4)5/h6-10H2,1-5H3/q+1. The van der Waals surface area contributed by atoms with Crippen LogP contribution >= 0.6 is 0 Å². The molecule has 0 aliphatic carbocycles. The largest absolute Gasteiger partial charge is 0.331 e. The Hall–Kier alpha value is -0.240. The smallest absolute Gasteiger partial charge is 0.241 e. The lowest BCUT2D eigenvalue weighted by molar-refractivity contribution is -0.870. The summed E-state index contributed by atoms with van der Waals surface area (Å²) in [4.78, 5) is 1.72. The van der Waals surface area contributed by atoms with Gasteiger partial charge < -0.3 is 9.38 Å². The number of quaternary nitrogens is 1. The maximum absolute atomic E-state index is 13.4. The second-order valence-corrected chi connectivity index (χ2v) is 7.47. The molecule has 0 radical (unpaired) electrons. The monoisotopic (exact) mass is 270 g/mol. The molecule has 0 fully saturated rings. The highest BCUT2D eigenvalue weighted by Crippen LogP contribution is 2.05. The van der Waals surface area contributed by atoms with E-state index in [4.69, 9.17) is 0 Å². The first-order chi connectivity index (χ1) is 7.54. The zero-order valence-electron chi connectivity index (χ0n) is 11.5. The van der Waals surface area contributed by atoms with Crippen LogP contribution in [-0.4, -0.2) is 83.0 Å². The average Bonchev–Trinajstić information content (AvgIpc) is 2.12. The normalized spacial score (nSPS) is 13.6. The fraction of sp³-hybridized carbons (Fsp3) is 1.00. The summed E-state index contributed by atoms with van der Waals surface area (Å²) in [5, 5.41) is 0. The highest BCUT2D eigenvalue weighted by molar-refractivity contribution is 7.88. The fourth-order valence-corrected chi connectivity index (χ4v) is 2.41. The molecule has 0 saturated carbocycles. The Morgan fingerprint density at radius 2 is 1.65 bits per heavy atom. The van der Waals surface area contributed by atoms with E-state index >= 15 is 0 Å². The average molecular weight is 270 g/mol. The maximum atomic E-state index is 13.4. The molecule has 5 nitrogen and oxygen atoms in total. The van der Waals surface area contributed by atoms with Crippen LogP contribution in [-0.2, 0) is 10.0 Å². The van der Waals surface area contributed by atoms with Crippen molar-refractivity contribution in [1.82, 2.24) is 9.43 Å². The number of sulfonamides is 1. The maximum Gasteiger partial charge on any atom is 0.241 e. The van der Waals surface area contributed by atoms with Crippen LogP contribution in [0.25, 0.3) is 0 Å². The van der Waals surface area contributed by atoms with E-state index in [0.29, 0.717) is 17.4 Å². The number of halogens is 1. The zero-order chi connectivity index (χ0) is 13.7. The van der Waals surface area contributed by atoms with Gasteiger partial charge in [-0.1, -0.05) is 0 Å². The molecule has 0 rings (SSSR count). The molecule has 104 valence electrons. The third-order valence-electron chi connectivity index (χ3n) is 2.26. The number of rotatable bonds is 8. The van der Waals surface area contributed by atoms with Crippen molar-refractivity contribution in [1.29, 1.82) is 0 Å². The van der Waals surface area contributed by atoms with Crippen molar-refractivity contribution < 1.29 is 17.4 Å². The first-order valence-electron chi connectivity index (χ1n) is 5.66. The number of nitrogens with zero attached hydrogens (tertiary/aromatic N) is 3. The second-order valence-electron chi connectivity index (χ2n) is 5.50. The van der Waals surface area contributed by atoms with Crippen LogP contribution in [0.2, 0.25) is 0 Å². The molecule has 0 N–H and O–H groups in total. The molecule has 0 amide bonds. The molecule has 0 unspecified atom stereocenters. The molecule has 0 aromatic rings. The summed E-state index contributed by atoms with van der Waals surface area (Å²) < 4.78 is 37.1. The summed E-state index contributed by atoms with van der Waals surface area (Å²) in [7, 11) is 5.73. The molecule has 7 heteroatoms. The summed E-state index contributed by atoms with van der Waals surface area (Å²) in [5.41, 5.74) is 0. The predicted octanol–water partition coefficient (Wildman–Crippen LogP) is 0.161. The Kier molecular flexibility index (Phi) is 6.53. The Bertz CT molecular complexity index is 312. The van der Waals surface area contributed by atoms with E-state index in [2.05, 4.69) is 0 Å². The van der Waals surface area contributed by atoms with Crippen LogP contribution in [0.15, 0.2) is 0 Å². The molecule has 0 aliphatic heterocycles. The van der Waals surface area contributed by atoms with E-state index < -0.39 is 10.0 Å². The number of hydrogen-bond acceptors (Lipinski definition) is 3. The van der Waals surface area contributed by atoms with Crippen LogP contribution in [0.1, 0.15) is 6.42 Å². The van der Waals surface area contributed by atoms with Crippen LogP contribution in [0.3, 0.4) is 0 Å².